The van der Waals surface area contributed by atoms with E-state index in [1.165, 1.54) is 20.9 Å². The van der Waals surface area contributed by atoms with E-state index >= 15 is 0 Å². The Labute approximate surface area is 188 Å². The molecule has 32 heavy (non-hydrogen) atoms. The highest BCUT2D eigenvalue weighted by Crippen LogP contribution is 2.39. The summed E-state index contributed by atoms with van der Waals surface area (Å²) in [6.45, 7) is 0. The van der Waals surface area contributed by atoms with Crippen LogP contribution in [-0.4, -0.2) is 14.5 Å². The highest BCUT2D eigenvalue weighted by molar-refractivity contribution is 7.26. The second-order valence-electron chi connectivity index (χ2n) is 7.88. The van der Waals surface area contributed by atoms with E-state index in [1.807, 2.05) is 6.07 Å². The van der Waals surface area contributed by atoms with Gasteiger partial charge in [-0.1, -0.05) is 84.9 Å². The molecule has 3 heterocycles. The first kappa shape index (κ1) is 17.6. The summed E-state index contributed by atoms with van der Waals surface area (Å²) in [7, 11) is 0. The van der Waals surface area contributed by atoms with Crippen LogP contribution in [0.3, 0.4) is 0 Å². The molecule has 0 radical (unpaired) electrons. The quantitative estimate of drug-likeness (QED) is 0.284. The third kappa shape index (κ3) is 2.47. The maximum atomic E-state index is 5.17. The molecule has 0 aliphatic heterocycles. The number of thiophene rings is 1. The van der Waals surface area contributed by atoms with Gasteiger partial charge in [-0.05, 0) is 18.2 Å². The highest BCUT2D eigenvalue weighted by Gasteiger charge is 2.19. The maximum Gasteiger partial charge on any atom is 0.235 e. The Morgan fingerprint density at radius 2 is 1.16 bits per heavy atom. The largest absolute Gasteiger partial charge is 0.278 e. The topological polar surface area (TPSA) is 30.7 Å². The number of fused-ring (bicyclic) bond motifs is 6. The van der Waals surface area contributed by atoms with Crippen molar-refractivity contribution in [3.8, 4) is 17.2 Å². The van der Waals surface area contributed by atoms with Crippen LogP contribution in [0.25, 0.3) is 59.3 Å². The Morgan fingerprint density at radius 3 is 1.88 bits per heavy atom. The molecule has 0 amide bonds. The van der Waals surface area contributed by atoms with Crippen LogP contribution in [0.15, 0.2) is 103 Å². The third-order valence-electron chi connectivity index (χ3n) is 6.04. The van der Waals surface area contributed by atoms with Crippen LogP contribution in [-0.2, 0) is 0 Å². The molecule has 0 spiro atoms. The minimum absolute atomic E-state index is 0.706. The van der Waals surface area contributed by atoms with Gasteiger partial charge in [-0.2, -0.15) is 0 Å². The first-order chi connectivity index (χ1) is 15.9. The van der Waals surface area contributed by atoms with Crippen molar-refractivity contribution in [2.45, 2.75) is 0 Å². The van der Waals surface area contributed by atoms with Gasteiger partial charge in [0.25, 0.3) is 0 Å². The third-order valence-corrected chi connectivity index (χ3v) is 7.20. The lowest BCUT2D eigenvalue weighted by Gasteiger charge is -2.10. The standard InChI is InChI=1S/C28H17N3S/c1-2-10-18(11-3-1)25-27-26(21-14-6-9-17-24(21)32-27)30-28(29-25)31-22-15-7-4-12-19(22)20-13-5-8-16-23(20)31/h1-17H. The van der Waals surface area contributed by atoms with Gasteiger partial charge in [0.2, 0.25) is 5.95 Å². The maximum absolute atomic E-state index is 5.17. The summed E-state index contributed by atoms with van der Waals surface area (Å²) in [6, 6.07) is 35.9. The van der Waals surface area contributed by atoms with Crippen LogP contribution in [0.5, 0.6) is 0 Å². The normalized spacial score (nSPS) is 11.8. The lowest BCUT2D eigenvalue weighted by atomic mass is 10.1. The smallest absolute Gasteiger partial charge is 0.235 e. The molecular formula is C28H17N3S. The zero-order chi connectivity index (χ0) is 21.1. The van der Waals surface area contributed by atoms with Gasteiger partial charge in [0.05, 0.1) is 26.9 Å². The molecule has 4 heteroatoms. The number of para-hydroxylation sites is 2. The Kier molecular flexibility index (Phi) is 3.72. The second kappa shape index (κ2) is 6.74. The Hall–Kier alpha value is -4.02. The van der Waals surface area contributed by atoms with Crippen molar-refractivity contribution >= 4 is 53.4 Å². The Bertz CT molecular complexity index is 1720. The van der Waals surface area contributed by atoms with E-state index in [0.29, 0.717) is 5.95 Å². The van der Waals surface area contributed by atoms with Gasteiger partial charge in [-0.3, -0.25) is 4.57 Å². The zero-order valence-electron chi connectivity index (χ0n) is 17.1. The molecule has 150 valence electrons. The fraction of sp³-hybridized carbons (Fsp3) is 0. The summed E-state index contributed by atoms with van der Waals surface area (Å²) in [4.78, 5) is 10.3. The molecule has 4 aromatic carbocycles. The Morgan fingerprint density at radius 1 is 0.562 bits per heavy atom. The van der Waals surface area contributed by atoms with Crippen LogP contribution < -0.4 is 0 Å². The number of benzene rings is 4. The summed E-state index contributed by atoms with van der Waals surface area (Å²) in [5.74, 6) is 0.706. The molecule has 7 rings (SSSR count). The predicted octanol–water partition coefficient (Wildman–Crippen LogP) is 7.61. The zero-order valence-corrected chi connectivity index (χ0v) is 17.9. The molecule has 0 unspecified atom stereocenters. The minimum Gasteiger partial charge on any atom is -0.278 e. The van der Waals surface area contributed by atoms with Crippen LogP contribution in [0.2, 0.25) is 0 Å². The summed E-state index contributed by atoms with van der Waals surface area (Å²) in [6.07, 6.45) is 0. The number of hydrogen-bond donors (Lipinski definition) is 0. The van der Waals surface area contributed by atoms with Crippen molar-refractivity contribution < 1.29 is 0 Å². The van der Waals surface area contributed by atoms with Crippen molar-refractivity contribution in [1.82, 2.24) is 14.5 Å². The molecular weight excluding hydrogens is 410 g/mol. The van der Waals surface area contributed by atoms with E-state index < -0.39 is 0 Å². The molecule has 0 bridgehead atoms. The molecule has 3 nitrogen and oxygen atoms in total. The Balaban J connectivity index is 1.66. The monoisotopic (exact) mass is 427 g/mol. The van der Waals surface area contributed by atoms with Crippen LogP contribution in [0.4, 0.5) is 0 Å². The van der Waals surface area contributed by atoms with Crippen LogP contribution >= 0.6 is 11.3 Å². The van der Waals surface area contributed by atoms with Gasteiger partial charge in [-0.25, -0.2) is 9.97 Å². The fourth-order valence-electron chi connectivity index (χ4n) is 4.61. The van der Waals surface area contributed by atoms with Crippen molar-refractivity contribution in [2.24, 2.45) is 0 Å². The molecule has 0 saturated heterocycles. The minimum atomic E-state index is 0.706. The van der Waals surface area contributed by atoms with Gasteiger partial charge in [-0.15, -0.1) is 11.3 Å². The average Bonchev–Trinajstić information content (AvgIpc) is 3.40. The second-order valence-corrected chi connectivity index (χ2v) is 8.94. The number of rotatable bonds is 2. The number of aromatic nitrogens is 3. The van der Waals surface area contributed by atoms with E-state index in [2.05, 4.69) is 102 Å². The number of nitrogens with zero attached hydrogens (tertiary/aromatic N) is 3. The highest BCUT2D eigenvalue weighted by atomic mass is 32.1. The first-order valence-electron chi connectivity index (χ1n) is 10.6. The summed E-state index contributed by atoms with van der Waals surface area (Å²) >= 11 is 1.76. The van der Waals surface area contributed by atoms with Gasteiger partial charge < -0.3 is 0 Å². The lowest BCUT2D eigenvalue weighted by Crippen LogP contribution is -2.02. The van der Waals surface area contributed by atoms with Gasteiger partial charge in [0.1, 0.15) is 0 Å². The molecule has 0 aliphatic rings. The molecule has 3 aromatic heterocycles. The molecule has 0 atom stereocenters. The molecule has 7 aromatic rings. The van der Waals surface area contributed by atoms with Crippen LogP contribution in [0, 0.1) is 0 Å². The summed E-state index contributed by atoms with van der Waals surface area (Å²) in [5, 5.41) is 3.60. The van der Waals surface area contributed by atoms with Crippen molar-refractivity contribution in [3.63, 3.8) is 0 Å². The molecule has 0 saturated carbocycles. The lowest BCUT2D eigenvalue weighted by molar-refractivity contribution is 1.02. The predicted molar refractivity (Wildman–Crippen MR) is 135 cm³/mol. The van der Waals surface area contributed by atoms with Gasteiger partial charge in [0, 0.05) is 26.4 Å². The van der Waals surface area contributed by atoms with Crippen LogP contribution in [0.1, 0.15) is 0 Å². The van der Waals surface area contributed by atoms with E-state index in [0.717, 1.165) is 32.5 Å². The number of hydrogen-bond acceptors (Lipinski definition) is 3. The van der Waals surface area contributed by atoms with Gasteiger partial charge in [0.15, 0.2) is 0 Å². The SMILES string of the molecule is c1ccc(-c2nc(-n3c4ccccc4c4ccccc43)nc3c2sc2ccccc23)cc1. The molecule has 0 aliphatic carbocycles. The van der Waals surface area contributed by atoms with Crippen molar-refractivity contribution in [3.05, 3.63) is 103 Å². The average molecular weight is 428 g/mol. The summed E-state index contributed by atoms with van der Waals surface area (Å²) < 4.78 is 4.55. The van der Waals surface area contributed by atoms with E-state index in [4.69, 9.17) is 9.97 Å². The first-order valence-corrected chi connectivity index (χ1v) is 11.4. The van der Waals surface area contributed by atoms with Gasteiger partial charge >= 0.3 is 0 Å². The van der Waals surface area contributed by atoms with E-state index in [-0.39, 0.29) is 0 Å². The van der Waals surface area contributed by atoms with E-state index in [1.54, 1.807) is 11.3 Å². The summed E-state index contributed by atoms with van der Waals surface area (Å²) in [5.41, 5.74) is 5.33. The van der Waals surface area contributed by atoms with E-state index in [9.17, 15) is 0 Å². The fourth-order valence-corrected chi connectivity index (χ4v) is 5.76. The molecule has 0 fully saturated rings. The van der Waals surface area contributed by atoms with Crippen molar-refractivity contribution in [1.29, 1.82) is 0 Å². The van der Waals surface area contributed by atoms with Crippen molar-refractivity contribution in [2.75, 3.05) is 0 Å². The molecule has 0 N–H and O–H groups in total.